The maximum atomic E-state index is 12.3. The zero-order valence-corrected chi connectivity index (χ0v) is 16.6. The van der Waals surface area contributed by atoms with Gasteiger partial charge in [0.15, 0.2) is 5.13 Å². The van der Waals surface area contributed by atoms with Crippen LogP contribution in [0.2, 0.25) is 0 Å². The SMILES string of the molecule is COc1ccc(OC)c(-c2csc(NC(=O)c3cccc(I)c3)n2)c1. The molecule has 0 saturated heterocycles. The molecule has 3 aromatic rings. The molecule has 0 aliphatic rings. The standard InChI is InChI=1S/C18H15IN2O3S/c1-23-13-6-7-16(24-2)14(9-13)15-10-25-18(20-15)21-17(22)11-4-3-5-12(19)8-11/h3-10H,1-2H3,(H,20,21,22). The van der Waals surface area contributed by atoms with E-state index >= 15 is 0 Å². The third kappa shape index (κ3) is 4.10. The highest BCUT2D eigenvalue weighted by Crippen LogP contribution is 2.35. The van der Waals surface area contributed by atoms with E-state index in [1.807, 2.05) is 41.8 Å². The Labute approximate surface area is 163 Å². The van der Waals surface area contributed by atoms with Gasteiger partial charge in [-0.25, -0.2) is 4.98 Å². The molecule has 0 radical (unpaired) electrons. The van der Waals surface area contributed by atoms with Gasteiger partial charge in [0.25, 0.3) is 5.91 Å². The lowest BCUT2D eigenvalue weighted by Gasteiger charge is -2.08. The highest BCUT2D eigenvalue weighted by Gasteiger charge is 2.14. The van der Waals surface area contributed by atoms with Gasteiger partial charge in [-0.3, -0.25) is 10.1 Å². The lowest BCUT2D eigenvalue weighted by Crippen LogP contribution is -2.11. The molecule has 5 nitrogen and oxygen atoms in total. The zero-order valence-electron chi connectivity index (χ0n) is 13.6. The van der Waals surface area contributed by atoms with Gasteiger partial charge in [0, 0.05) is 20.1 Å². The first-order chi connectivity index (χ1) is 12.1. The molecule has 0 unspecified atom stereocenters. The van der Waals surface area contributed by atoms with Crippen LogP contribution in [0.15, 0.2) is 47.8 Å². The molecule has 0 aliphatic heterocycles. The molecule has 0 aliphatic carbocycles. The number of amides is 1. The first-order valence-electron chi connectivity index (χ1n) is 7.35. The Bertz CT molecular complexity index is 911. The van der Waals surface area contributed by atoms with Crippen molar-refractivity contribution in [2.24, 2.45) is 0 Å². The van der Waals surface area contributed by atoms with Gasteiger partial charge in [-0.1, -0.05) is 6.07 Å². The van der Waals surface area contributed by atoms with Crippen LogP contribution in [-0.4, -0.2) is 25.1 Å². The Morgan fingerprint density at radius 2 is 2.00 bits per heavy atom. The summed E-state index contributed by atoms with van der Waals surface area (Å²) < 4.78 is 11.7. The van der Waals surface area contributed by atoms with Crippen molar-refractivity contribution in [3.8, 4) is 22.8 Å². The van der Waals surface area contributed by atoms with E-state index in [1.54, 1.807) is 20.3 Å². The van der Waals surface area contributed by atoms with Gasteiger partial charge in [0.05, 0.1) is 19.9 Å². The number of benzene rings is 2. The number of ether oxygens (including phenoxy) is 2. The fourth-order valence-corrected chi connectivity index (χ4v) is 3.52. The summed E-state index contributed by atoms with van der Waals surface area (Å²) in [5, 5.41) is 5.24. The van der Waals surface area contributed by atoms with E-state index in [1.165, 1.54) is 11.3 Å². The molecule has 2 aromatic carbocycles. The molecular formula is C18H15IN2O3S. The maximum absolute atomic E-state index is 12.3. The van der Waals surface area contributed by atoms with Crippen molar-refractivity contribution in [1.82, 2.24) is 4.98 Å². The van der Waals surface area contributed by atoms with Gasteiger partial charge in [-0.05, 0) is 59.0 Å². The van der Waals surface area contributed by atoms with Gasteiger partial charge < -0.3 is 9.47 Å². The van der Waals surface area contributed by atoms with Crippen molar-refractivity contribution >= 4 is 45.0 Å². The molecule has 0 spiro atoms. The summed E-state index contributed by atoms with van der Waals surface area (Å²) in [4.78, 5) is 16.8. The van der Waals surface area contributed by atoms with E-state index in [0.717, 1.165) is 14.8 Å². The molecule has 1 heterocycles. The van der Waals surface area contributed by atoms with Crippen LogP contribution in [0.4, 0.5) is 5.13 Å². The van der Waals surface area contributed by atoms with Gasteiger partial charge in [-0.15, -0.1) is 11.3 Å². The second-order valence-corrected chi connectivity index (χ2v) is 7.17. The smallest absolute Gasteiger partial charge is 0.257 e. The van der Waals surface area contributed by atoms with Gasteiger partial charge in [0.2, 0.25) is 0 Å². The average Bonchev–Trinajstić information content (AvgIpc) is 3.09. The number of methoxy groups -OCH3 is 2. The summed E-state index contributed by atoms with van der Waals surface area (Å²) in [6.07, 6.45) is 0. The normalized spacial score (nSPS) is 10.4. The summed E-state index contributed by atoms with van der Waals surface area (Å²) in [6.45, 7) is 0. The number of carbonyl (C=O) groups excluding carboxylic acids is 1. The van der Waals surface area contributed by atoms with Crippen molar-refractivity contribution in [2.75, 3.05) is 19.5 Å². The van der Waals surface area contributed by atoms with Crippen molar-refractivity contribution in [1.29, 1.82) is 0 Å². The number of halogens is 1. The van der Waals surface area contributed by atoms with Crippen LogP contribution in [0.1, 0.15) is 10.4 Å². The van der Waals surface area contributed by atoms with Crippen LogP contribution in [-0.2, 0) is 0 Å². The Balaban J connectivity index is 1.84. The molecular weight excluding hydrogens is 451 g/mol. The Kier molecular flexibility index (Phi) is 5.54. The van der Waals surface area contributed by atoms with E-state index in [2.05, 4.69) is 32.9 Å². The number of thiazole rings is 1. The topological polar surface area (TPSA) is 60.5 Å². The maximum Gasteiger partial charge on any atom is 0.257 e. The summed E-state index contributed by atoms with van der Waals surface area (Å²) in [7, 11) is 3.22. The van der Waals surface area contributed by atoms with Gasteiger partial charge >= 0.3 is 0 Å². The highest BCUT2D eigenvalue weighted by molar-refractivity contribution is 14.1. The average molecular weight is 466 g/mol. The van der Waals surface area contributed by atoms with Crippen LogP contribution in [0, 0.1) is 3.57 Å². The molecule has 25 heavy (non-hydrogen) atoms. The van der Waals surface area contributed by atoms with Crippen molar-refractivity contribution in [3.05, 3.63) is 57.0 Å². The lowest BCUT2D eigenvalue weighted by molar-refractivity contribution is 0.102. The molecule has 1 aromatic heterocycles. The van der Waals surface area contributed by atoms with Crippen LogP contribution < -0.4 is 14.8 Å². The van der Waals surface area contributed by atoms with Crippen molar-refractivity contribution in [2.45, 2.75) is 0 Å². The quantitative estimate of drug-likeness (QED) is 0.555. The number of nitrogens with one attached hydrogen (secondary N) is 1. The minimum absolute atomic E-state index is 0.183. The molecule has 0 atom stereocenters. The van der Waals surface area contributed by atoms with Crippen LogP contribution in [0.25, 0.3) is 11.3 Å². The first-order valence-corrected chi connectivity index (χ1v) is 9.31. The zero-order chi connectivity index (χ0) is 17.8. The predicted octanol–water partition coefficient (Wildman–Crippen LogP) is 4.68. The summed E-state index contributed by atoms with van der Waals surface area (Å²) in [5.74, 6) is 1.23. The Morgan fingerprint density at radius 3 is 2.72 bits per heavy atom. The van der Waals surface area contributed by atoms with E-state index < -0.39 is 0 Å². The number of aromatic nitrogens is 1. The fourth-order valence-electron chi connectivity index (χ4n) is 2.27. The third-order valence-corrected chi connectivity index (χ3v) is 4.92. The van der Waals surface area contributed by atoms with Crippen LogP contribution in [0.5, 0.6) is 11.5 Å². The lowest BCUT2D eigenvalue weighted by atomic mass is 10.1. The number of hydrogen-bond donors (Lipinski definition) is 1. The predicted molar refractivity (Wildman–Crippen MR) is 108 cm³/mol. The van der Waals surface area contributed by atoms with E-state index in [9.17, 15) is 4.79 Å². The minimum atomic E-state index is -0.183. The Morgan fingerprint density at radius 1 is 1.16 bits per heavy atom. The first kappa shape index (κ1) is 17.7. The third-order valence-electron chi connectivity index (χ3n) is 3.49. The molecule has 1 N–H and O–H groups in total. The van der Waals surface area contributed by atoms with Crippen molar-refractivity contribution in [3.63, 3.8) is 0 Å². The molecule has 0 saturated carbocycles. The number of nitrogens with zero attached hydrogens (tertiary/aromatic N) is 1. The highest BCUT2D eigenvalue weighted by atomic mass is 127. The fraction of sp³-hybridized carbons (Fsp3) is 0.111. The van der Waals surface area contributed by atoms with Crippen molar-refractivity contribution < 1.29 is 14.3 Å². The van der Waals surface area contributed by atoms with E-state index in [4.69, 9.17) is 9.47 Å². The number of carbonyl (C=O) groups is 1. The molecule has 3 rings (SSSR count). The summed E-state index contributed by atoms with van der Waals surface area (Å²) in [5.41, 5.74) is 2.13. The molecule has 0 bridgehead atoms. The van der Waals surface area contributed by atoms with Crippen LogP contribution >= 0.6 is 33.9 Å². The number of anilines is 1. The summed E-state index contributed by atoms with van der Waals surface area (Å²) in [6, 6.07) is 12.9. The molecule has 0 fully saturated rings. The minimum Gasteiger partial charge on any atom is -0.497 e. The van der Waals surface area contributed by atoms with Gasteiger partial charge in [-0.2, -0.15) is 0 Å². The second kappa shape index (κ2) is 7.83. The van der Waals surface area contributed by atoms with Crippen LogP contribution in [0.3, 0.4) is 0 Å². The molecule has 128 valence electrons. The monoisotopic (exact) mass is 466 g/mol. The number of hydrogen-bond acceptors (Lipinski definition) is 5. The summed E-state index contributed by atoms with van der Waals surface area (Å²) >= 11 is 3.54. The second-order valence-electron chi connectivity index (χ2n) is 5.07. The van der Waals surface area contributed by atoms with E-state index in [-0.39, 0.29) is 5.91 Å². The largest absolute Gasteiger partial charge is 0.497 e. The molecule has 7 heteroatoms. The Hall–Kier alpha value is -2.13. The van der Waals surface area contributed by atoms with E-state index in [0.29, 0.717) is 22.2 Å². The molecule has 1 amide bonds. The number of rotatable bonds is 5. The van der Waals surface area contributed by atoms with Gasteiger partial charge in [0.1, 0.15) is 11.5 Å².